The SMILES string of the molecule is CNC1CCCN(C(=O)c2cc(Cl)ccc2OC)C1. The number of halogens is 1. The number of rotatable bonds is 3. The van der Waals surface area contributed by atoms with E-state index in [-0.39, 0.29) is 5.91 Å². The number of benzene rings is 1. The average molecular weight is 283 g/mol. The summed E-state index contributed by atoms with van der Waals surface area (Å²) in [5.74, 6) is 0.556. The lowest BCUT2D eigenvalue weighted by Gasteiger charge is -2.32. The third-order valence-electron chi connectivity index (χ3n) is 3.51. The number of amides is 1. The van der Waals surface area contributed by atoms with Crippen LogP contribution in [0, 0.1) is 0 Å². The summed E-state index contributed by atoms with van der Waals surface area (Å²) in [6.45, 7) is 1.51. The Morgan fingerprint density at radius 2 is 2.32 bits per heavy atom. The van der Waals surface area contributed by atoms with Crippen molar-refractivity contribution in [3.63, 3.8) is 0 Å². The van der Waals surface area contributed by atoms with Gasteiger partial charge >= 0.3 is 0 Å². The smallest absolute Gasteiger partial charge is 0.257 e. The van der Waals surface area contributed by atoms with Crippen LogP contribution < -0.4 is 10.1 Å². The highest BCUT2D eigenvalue weighted by atomic mass is 35.5. The maximum absolute atomic E-state index is 12.6. The molecule has 1 atom stereocenters. The molecule has 1 fully saturated rings. The second-order valence-electron chi connectivity index (χ2n) is 4.72. The van der Waals surface area contributed by atoms with Gasteiger partial charge in [0.1, 0.15) is 5.75 Å². The molecule has 5 heteroatoms. The molecule has 4 nitrogen and oxygen atoms in total. The Bertz CT molecular complexity index is 465. The molecule has 0 aromatic heterocycles. The molecule has 104 valence electrons. The van der Waals surface area contributed by atoms with Crippen LogP contribution in [0.25, 0.3) is 0 Å². The average Bonchev–Trinajstić information content (AvgIpc) is 2.46. The van der Waals surface area contributed by atoms with Crippen LogP contribution >= 0.6 is 11.6 Å². The number of hydrogen-bond donors (Lipinski definition) is 1. The highest BCUT2D eigenvalue weighted by Gasteiger charge is 2.25. The van der Waals surface area contributed by atoms with Crippen LogP contribution in [-0.2, 0) is 0 Å². The van der Waals surface area contributed by atoms with Gasteiger partial charge in [-0.25, -0.2) is 0 Å². The second-order valence-corrected chi connectivity index (χ2v) is 5.16. The molecule has 2 rings (SSSR count). The largest absolute Gasteiger partial charge is 0.496 e. The van der Waals surface area contributed by atoms with Gasteiger partial charge < -0.3 is 15.0 Å². The molecule has 1 aromatic rings. The second kappa shape index (κ2) is 6.26. The molecule has 1 aliphatic heterocycles. The third-order valence-corrected chi connectivity index (χ3v) is 3.74. The number of hydrogen-bond acceptors (Lipinski definition) is 3. The molecular formula is C14H19ClN2O2. The molecule has 19 heavy (non-hydrogen) atoms. The topological polar surface area (TPSA) is 41.6 Å². The molecule has 1 heterocycles. The van der Waals surface area contributed by atoms with Gasteiger partial charge in [-0.1, -0.05) is 11.6 Å². The number of nitrogens with zero attached hydrogens (tertiary/aromatic N) is 1. The van der Waals surface area contributed by atoms with Crippen molar-refractivity contribution in [2.75, 3.05) is 27.2 Å². The van der Waals surface area contributed by atoms with E-state index in [0.717, 1.165) is 25.9 Å². The molecule has 0 spiro atoms. The quantitative estimate of drug-likeness (QED) is 0.924. The summed E-state index contributed by atoms with van der Waals surface area (Å²) in [4.78, 5) is 14.4. The lowest BCUT2D eigenvalue weighted by Crippen LogP contribution is -2.47. The summed E-state index contributed by atoms with van der Waals surface area (Å²) in [6, 6.07) is 5.49. The van der Waals surface area contributed by atoms with Crippen molar-refractivity contribution in [2.24, 2.45) is 0 Å². The van der Waals surface area contributed by atoms with E-state index in [4.69, 9.17) is 16.3 Å². The van der Waals surface area contributed by atoms with E-state index in [1.54, 1.807) is 25.3 Å². The Labute approximate surface area is 118 Å². The van der Waals surface area contributed by atoms with Crippen molar-refractivity contribution < 1.29 is 9.53 Å². The van der Waals surface area contributed by atoms with Crippen LogP contribution in [0.5, 0.6) is 5.75 Å². The molecule has 1 aromatic carbocycles. The Balaban J connectivity index is 2.21. The molecule has 1 N–H and O–H groups in total. The summed E-state index contributed by atoms with van der Waals surface area (Å²) in [5, 5.41) is 3.78. The van der Waals surface area contributed by atoms with E-state index in [1.165, 1.54) is 0 Å². The minimum atomic E-state index is -0.0145. The van der Waals surface area contributed by atoms with Gasteiger partial charge in [0.15, 0.2) is 0 Å². The maximum atomic E-state index is 12.6. The van der Waals surface area contributed by atoms with Crippen LogP contribution in [0.4, 0.5) is 0 Å². The maximum Gasteiger partial charge on any atom is 0.257 e. The van der Waals surface area contributed by atoms with Crippen molar-refractivity contribution in [2.45, 2.75) is 18.9 Å². The van der Waals surface area contributed by atoms with Gasteiger partial charge in [-0.05, 0) is 38.1 Å². The Morgan fingerprint density at radius 3 is 3.00 bits per heavy atom. The minimum absolute atomic E-state index is 0.0145. The molecule has 0 radical (unpaired) electrons. The van der Waals surface area contributed by atoms with Gasteiger partial charge in [-0.15, -0.1) is 0 Å². The predicted molar refractivity (Wildman–Crippen MR) is 76.0 cm³/mol. The fraction of sp³-hybridized carbons (Fsp3) is 0.500. The summed E-state index contributed by atoms with van der Waals surface area (Å²) < 4.78 is 5.24. The Kier molecular flexibility index (Phi) is 4.66. The zero-order valence-corrected chi connectivity index (χ0v) is 12.0. The first-order valence-corrected chi connectivity index (χ1v) is 6.83. The van der Waals surface area contributed by atoms with Crippen molar-refractivity contribution >= 4 is 17.5 Å². The fourth-order valence-electron chi connectivity index (χ4n) is 2.41. The fourth-order valence-corrected chi connectivity index (χ4v) is 2.59. The van der Waals surface area contributed by atoms with Crippen LogP contribution in [0.15, 0.2) is 18.2 Å². The van der Waals surface area contributed by atoms with Crippen LogP contribution in [0.2, 0.25) is 5.02 Å². The van der Waals surface area contributed by atoms with E-state index < -0.39 is 0 Å². The third kappa shape index (κ3) is 3.19. The summed E-state index contributed by atoms with van der Waals surface area (Å²) >= 11 is 5.97. The van der Waals surface area contributed by atoms with Crippen LogP contribution in [0.1, 0.15) is 23.2 Å². The lowest BCUT2D eigenvalue weighted by atomic mass is 10.0. The number of piperidine rings is 1. The van der Waals surface area contributed by atoms with Crippen molar-refractivity contribution in [3.05, 3.63) is 28.8 Å². The van der Waals surface area contributed by atoms with E-state index in [0.29, 0.717) is 22.4 Å². The summed E-state index contributed by atoms with van der Waals surface area (Å²) in [7, 11) is 3.49. The van der Waals surface area contributed by atoms with Crippen molar-refractivity contribution in [3.8, 4) is 5.75 Å². The monoisotopic (exact) mass is 282 g/mol. The molecule has 0 saturated carbocycles. The molecule has 0 aliphatic carbocycles. The minimum Gasteiger partial charge on any atom is -0.496 e. The number of carbonyl (C=O) groups excluding carboxylic acids is 1. The molecule has 1 amide bonds. The number of ether oxygens (including phenoxy) is 1. The normalized spacial score (nSPS) is 19.3. The van der Waals surface area contributed by atoms with Gasteiger partial charge in [0.25, 0.3) is 5.91 Å². The highest BCUT2D eigenvalue weighted by Crippen LogP contribution is 2.25. The first-order valence-electron chi connectivity index (χ1n) is 6.45. The molecule has 0 bridgehead atoms. The van der Waals surface area contributed by atoms with Crippen LogP contribution in [0.3, 0.4) is 0 Å². The molecule has 1 unspecified atom stereocenters. The van der Waals surface area contributed by atoms with Gasteiger partial charge in [0.05, 0.1) is 12.7 Å². The van der Waals surface area contributed by atoms with Crippen LogP contribution in [-0.4, -0.2) is 44.1 Å². The summed E-state index contributed by atoms with van der Waals surface area (Å²) in [5.41, 5.74) is 0.534. The van der Waals surface area contributed by atoms with E-state index in [2.05, 4.69) is 5.32 Å². The Hall–Kier alpha value is -1.26. The van der Waals surface area contributed by atoms with Crippen molar-refractivity contribution in [1.29, 1.82) is 0 Å². The molecular weight excluding hydrogens is 264 g/mol. The van der Waals surface area contributed by atoms with Gasteiger partial charge in [0.2, 0.25) is 0 Å². The van der Waals surface area contributed by atoms with Crippen molar-refractivity contribution in [1.82, 2.24) is 10.2 Å². The highest BCUT2D eigenvalue weighted by molar-refractivity contribution is 6.31. The van der Waals surface area contributed by atoms with E-state index >= 15 is 0 Å². The zero-order chi connectivity index (χ0) is 13.8. The Morgan fingerprint density at radius 1 is 1.53 bits per heavy atom. The number of carbonyl (C=O) groups is 1. The van der Waals surface area contributed by atoms with E-state index in [1.807, 2.05) is 11.9 Å². The first-order chi connectivity index (χ1) is 9.15. The standard InChI is InChI=1S/C14H19ClN2O2/c1-16-11-4-3-7-17(9-11)14(18)12-8-10(15)5-6-13(12)19-2/h5-6,8,11,16H,3-4,7,9H2,1-2H3. The van der Waals surface area contributed by atoms with Gasteiger partial charge in [0, 0.05) is 24.2 Å². The first kappa shape index (κ1) is 14.2. The number of likely N-dealkylation sites (N-methyl/N-ethyl adjacent to an activating group) is 1. The lowest BCUT2D eigenvalue weighted by molar-refractivity contribution is 0.0695. The molecule has 1 aliphatic rings. The summed E-state index contributed by atoms with van der Waals surface area (Å²) in [6.07, 6.45) is 2.12. The van der Waals surface area contributed by atoms with E-state index in [9.17, 15) is 4.79 Å². The van der Waals surface area contributed by atoms with Gasteiger partial charge in [-0.2, -0.15) is 0 Å². The zero-order valence-electron chi connectivity index (χ0n) is 11.3. The molecule has 1 saturated heterocycles. The number of likely N-dealkylation sites (tertiary alicyclic amines) is 1. The predicted octanol–water partition coefficient (Wildman–Crippen LogP) is 2.17. The number of nitrogens with one attached hydrogen (secondary N) is 1. The number of methoxy groups -OCH3 is 1. The van der Waals surface area contributed by atoms with Gasteiger partial charge in [-0.3, -0.25) is 4.79 Å².